The summed E-state index contributed by atoms with van der Waals surface area (Å²) in [4.78, 5) is 24.8. The smallest absolute Gasteiger partial charge is 0.410 e. The van der Waals surface area contributed by atoms with Crippen LogP contribution in [-0.2, 0) is 11.8 Å². The van der Waals surface area contributed by atoms with Crippen LogP contribution in [0.5, 0.6) is 0 Å². The van der Waals surface area contributed by atoms with E-state index in [1.807, 2.05) is 56.8 Å². The van der Waals surface area contributed by atoms with E-state index in [0.29, 0.717) is 36.8 Å². The lowest BCUT2D eigenvalue weighted by atomic mass is 10.0. The van der Waals surface area contributed by atoms with Gasteiger partial charge in [-0.1, -0.05) is 19.9 Å². The molecule has 1 fully saturated rings. The van der Waals surface area contributed by atoms with E-state index in [0.717, 1.165) is 35.8 Å². The van der Waals surface area contributed by atoms with Crippen LogP contribution in [0.1, 0.15) is 52.7 Å². The van der Waals surface area contributed by atoms with Crippen LogP contribution in [0.2, 0.25) is 0 Å². The molecule has 11 nitrogen and oxygen atoms in total. The van der Waals surface area contributed by atoms with E-state index in [2.05, 4.69) is 49.3 Å². The van der Waals surface area contributed by atoms with Gasteiger partial charge in [0.25, 0.3) is 0 Å². The number of carbonyl (C=O) groups is 1. The van der Waals surface area contributed by atoms with E-state index in [1.165, 1.54) is 0 Å². The van der Waals surface area contributed by atoms with Crippen LogP contribution in [0.15, 0.2) is 36.5 Å². The molecule has 0 unspecified atom stereocenters. The van der Waals surface area contributed by atoms with Gasteiger partial charge < -0.3 is 19.9 Å². The van der Waals surface area contributed by atoms with Crippen molar-refractivity contribution in [3.8, 4) is 11.3 Å². The molecule has 0 aliphatic carbocycles. The van der Waals surface area contributed by atoms with E-state index < -0.39 is 11.4 Å². The fourth-order valence-corrected chi connectivity index (χ4v) is 5.01. The second kappa shape index (κ2) is 11.3. The molecule has 41 heavy (non-hydrogen) atoms. The average Bonchev–Trinajstić information content (AvgIpc) is 3.06. The normalized spacial score (nSPS) is 14.4. The Balaban J connectivity index is 1.29. The lowest BCUT2D eigenvalue weighted by molar-refractivity contribution is 0.0263. The summed E-state index contributed by atoms with van der Waals surface area (Å²) < 4.78 is 22.3. The Morgan fingerprint density at radius 1 is 1.07 bits per heavy atom. The van der Waals surface area contributed by atoms with Crippen molar-refractivity contribution in [2.75, 3.05) is 36.4 Å². The summed E-state index contributed by atoms with van der Waals surface area (Å²) in [5.41, 5.74) is 2.22. The minimum absolute atomic E-state index is 0.187. The van der Waals surface area contributed by atoms with Crippen molar-refractivity contribution in [3.05, 3.63) is 48.0 Å². The summed E-state index contributed by atoms with van der Waals surface area (Å²) in [5.74, 6) is 1.08. The van der Waals surface area contributed by atoms with Crippen molar-refractivity contribution in [1.82, 2.24) is 34.8 Å². The van der Waals surface area contributed by atoms with Gasteiger partial charge in [-0.3, -0.25) is 4.68 Å². The first-order valence-electron chi connectivity index (χ1n) is 13.8. The average molecular weight is 562 g/mol. The second-order valence-electron chi connectivity index (χ2n) is 11.5. The molecule has 0 saturated carbocycles. The number of fused-ring (bicyclic) bond motifs is 1. The Morgan fingerprint density at radius 2 is 1.88 bits per heavy atom. The molecule has 0 bridgehead atoms. The van der Waals surface area contributed by atoms with Crippen LogP contribution in [0.4, 0.5) is 26.8 Å². The lowest BCUT2D eigenvalue weighted by Gasteiger charge is -2.26. The molecule has 0 radical (unpaired) electrons. The number of halogens is 1. The summed E-state index contributed by atoms with van der Waals surface area (Å²) in [5, 5.41) is 17.2. The second-order valence-corrected chi connectivity index (χ2v) is 11.5. The highest BCUT2D eigenvalue weighted by molar-refractivity contribution is 5.87. The maximum absolute atomic E-state index is 14.9. The third kappa shape index (κ3) is 6.36. The molecule has 216 valence electrons. The number of hydrogen-bond acceptors (Lipinski definition) is 9. The fraction of sp³-hybridized carbons (Fsp3) is 0.448. The van der Waals surface area contributed by atoms with Gasteiger partial charge in [0.15, 0.2) is 17.5 Å². The molecule has 1 aromatic carbocycles. The largest absolute Gasteiger partial charge is 0.444 e. The lowest BCUT2D eigenvalue weighted by Crippen LogP contribution is -2.39. The Labute approximate surface area is 238 Å². The Kier molecular flexibility index (Phi) is 7.74. The summed E-state index contributed by atoms with van der Waals surface area (Å²) >= 11 is 0. The van der Waals surface area contributed by atoms with Crippen molar-refractivity contribution in [2.24, 2.45) is 7.05 Å². The van der Waals surface area contributed by atoms with Gasteiger partial charge in [-0.05, 0) is 57.4 Å². The number of benzene rings is 1. The first-order chi connectivity index (χ1) is 19.5. The molecule has 12 heteroatoms. The van der Waals surface area contributed by atoms with E-state index in [9.17, 15) is 9.18 Å². The zero-order valence-corrected chi connectivity index (χ0v) is 24.3. The zero-order valence-electron chi connectivity index (χ0n) is 24.3. The third-order valence-electron chi connectivity index (χ3n) is 6.81. The van der Waals surface area contributed by atoms with E-state index >= 15 is 0 Å². The van der Waals surface area contributed by atoms with Crippen molar-refractivity contribution in [3.63, 3.8) is 0 Å². The van der Waals surface area contributed by atoms with Crippen molar-refractivity contribution in [2.45, 2.75) is 52.6 Å². The van der Waals surface area contributed by atoms with Gasteiger partial charge in [0.2, 0.25) is 5.95 Å². The van der Waals surface area contributed by atoms with Crippen LogP contribution in [0.3, 0.4) is 0 Å². The SMILES string of the molecule is CC(C)c1c2cc(-c3nc(Nc4ccc(N5CCCN(C(=O)OC(C)(C)C)CC5)nn4)ncc3F)ccc2nn1C. The number of aryl methyl sites for hydroxylation is 1. The molecule has 0 spiro atoms. The van der Waals surface area contributed by atoms with E-state index in [1.54, 1.807) is 11.0 Å². The molecule has 1 N–H and O–H groups in total. The fourth-order valence-electron chi connectivity index (χ4n) is 5.01. The number of anilines is 3. The Morgan fingerprint density at radius 3 is 2.59 bits per heavy atom. The molecule has 4 aromatic rings. The summed E-state index contributed by atoms with van der Waals surface area (Å²) in [6, 6.07) is 9.25. The van der Waals surface area contributed by atoms with Gasteiger partial charge in [0.05, 0.1) is 11.7 Å². The summed E-state index contributed by atoms with van der Waals surface area (Å²) in [7, 11) is 1.92. The van der Waals surface area contributed by atoms with Gasteiger partial charge in [0.1, 0.15) is 11.3 Å². The van der Waals surface area contributed by atoms with Crippen LogP contribution in [0, 0.1) is 5.82 Å². The van der Waals surface area contributed by atoms with Gasteiger partial charge in [-0.15, -0.1) is 10.2 Å². The minimum atomic E-state index is -0.531. The number of amides is 1. The van der Waals surface area contributed by atoms with Crippen molar-refractivity contribution in [1.29, 1.82) is 0 Å². The van der Waals surface area contributed by atoms with Gasteiger partial charge in [-0.2, -0.15) is 5.10 Å². The quantitative estimate of drug-likeness (QED) is 0.348. The predicted molar refractivity (Wildman–Crippen MR) is 156 cm³/mol. The summed E-state index contributed by atoms with van der Waals surface area (Å²) in [6.45, 7) is 12.3. The first-order valence-corrected chi connectivity index (χ1v) is 13.8. The number of aromatic nitrogens is 6. The van der Waals surface area contributed by atoms with Crippen LogP contribution in [0.25, 0.3) is 22.2 Å². The molecule has 3 aromatic heterocycles. The minimum Gasteiger partial charge on any atom is -0.444 e. The first kappa shape index (κ1) is 28.2. The summed E-state index contributed by atoms with van der Waals surface area (Å²) in [6.07, 6.45) is 1.64. The van der Waals surface area contributed by atoms with Crippen LogP contribution >= 0.6 is 0 Å². The topological polar surface area (TPSA) is 114 Å². The third-order valence-corrected chi connectivity index (χ3v) is 6.81. The molecule has 0 atom stereocenters. The number of nitrogens with one attached hydrogen (secondary N) is 1. The maximum Gasteiger partial charge on any atom is 0.410 e. The van der Waals surface area contributed by atoms with Crippen LogP contribution < -0.4 is 10.2 Å². The highest BCUT2D eigenvalue weighted by atomic mass is 19.1. The number of hydrogen-bond donors (Lipinski definition) is 1. The molecular weight excluding hydrogens is 525 g/mol. The van der Waals surface area contributed by atoms with E-state index in [4.69, 9.17) is 4.74 Å². The molecule has 1 amide bonds. The standard InChI is InChI=1S/C29H36FN9O2/c1-18(2)26-20-16-19(8-9-22(20)36-37(26)6)25-21(30)17-31-27(33-25)32-23-10-11-24(35-34-23)38-12-7-13-39(15-14-38)28(40)41-29(3,4)5/h8-11,16-18H,7,12-15H2,1-6H3,(H,31,32,33,34). The Hall–Kier alpha value is -4.35. The highest BCUT2D eigenvalue weighted by Crippen LogP contribution is 2.30. The van der Waals surface area contributed by atoms with Gasteiger partial charge >= 0.3 is 6.09 Å². The maximum atomic E-state index is 14.9. The predicted octanol–water partition coefficient (Wildman–Crippen LogP) is 5.27. The molecule has 1 saturated heterocycles. The van der Waals surface area contributed by atoms with Gasteiger partial charge in [-0.25, -0.2) is 19.2 Å². The molecule has 1 aliphatic heterocycles. The Bertz CT molecular complexity index is 1550. The molecule has 1 aliphatic rings. The van der Waals surface area contributed by atoms with E-state index in [-0.39, 0.29) is 23.7 Å². The number of ether oxygens (including phenoxy) is 1. The number of rotatable bonds is 5. The monoisotopic (exact) mass is 561 g/mol. The van der Waals surface area contributed by atoms with Crippen molar-refractivity contribution < 1.29 is 13.9 Å². The van der Waals surface area contributed by atoms with Crippen molar-refractivity contribution >= 4 is 34.6 Å². The van der Waals surface area contributed by atoms with Gasteiger partial charge in [0, 0.05) is 49.9 Å². The molecular formula is C29H36FN9O2. The van der Waals surface area contributed by atoms with Crippen LogP contribution in [-0.4, -0.2) is 72.7 Å². The highest BCUT2D eigenvalue weighted by Gasteiger charge is 2.25. The zero-order chi connectivity index (χ0) is 29.3. The number of nitrogens with zero attached hydrogens (tertiary/aromatic N) is 8. The molecule has 4 heterocycles. The number of carbonyl (C=O) groups excluding carboxylic acids is 1. The molecule has 5 rings (SSSR count).